The van der Waals surface area contributed by atoms with E-state index in [2.05, 4.69) is 219 Å². The SMILES string of the molecule is CC1(C)c2ccccc2-c2cc(-c3ccc(N(c4ccccc4)c4cccc(-c5ccccc5)c4-c4ccccc4-c4ccccc4)cc3)ccc21. The molecular formula is C51H39N. The molecule has 0 spiro atoms. The fourth-order valence-electron chi connectivity index (χ4n) is 8.15. The molecule has 8 aromatic carbocycles. The first-order valence-electron chi connectivity index (χ1n) is 18.1. The molecule has 8 aromatic rings. The minimum Gasteiger partial charge on any atom is -0.310 e. The van der Waals surface area contributed by atoms with E-state index in [9.17, 15) is 0 Å². The molecule has 0 saturated carbocycles. The molecule has 1 heteroatoms. The van der Waals surface area contributed by atoms with Crippen LogP contribution in [-0.2, 0) is 5.41 Å². The van der Waals surface area contributed by atoms with Crippen LogP contribution < -0.4 is 4.90 Å². The zero-order valence-corrected chi connectivity index (χ0v) is 29.5. The molecule has 0 unspecified atom stereocenters. The van der Waals surface area contributed by atoms with Crippen molar-refractivity contribution < 1.29 is 0 Å². The van der Waals surface area contributed by atoms with Crippen molar-refractivity contribution in [1.82, 2.24) is 0 Å². The van der Waals surface area contributed by atoms with Crippen LogP contribution in [0.3, 0.4) is 0 Å². The molecule has 0 saturated heterocycles. The highest BCUT2D eigenvalue weighted by Gasteiger charge is 2.35. The monoisotopic (exact) mass is 665 g/mol. The van der Waals surface area contributed by atoms with Crippen LogP contribution in [0.1, 0.15) is 25.0 Å². The summed E-state index contributed by atoms with van der Waals surface area (Å²) in [6.07, 6.45) is 0. The minimum atomic E-state index is -0.00434. The van der Waals surface area contributed by atoms with E-state index in [1.807, 2.05) is 0 Å². The van der Waals surface area contributed by atoms with Gasteiger partial charge in [-0.05, 0) is 97.6 Å². The van der Waals surface area contributed by atoms with Gasteiger partial charge in [0.25, 0.3) is 0 Å². The standard InChI is InChI=1S/C51H39N/c1-51(2)47-27-15-14-24-44(47)46-35-39(31-34-48(46)51)36-29-32-41(33-30-36)52(40-21-10-5-11-22-40)49-28-16-26-43(38-19-8-4-9-20-38)50(49)45-25-13-12-23-42(45)37-17-6-3-7-18-37/h3-35H,1-2H3. The molecule has 0 bridgehead atoms. The summed E-state index contributed by atoms with van der Waals surface area (Å²) in [5, 5.41) is 0. The van der Waals surface area contributed by atoms with Crippen LogP contribution >= 0.6 is 0 Å². The van der Waals surface area contributed by atoms with Gasteiger partial charge in [0.05, 0.1) is 5.69 Å². The van der Waals surface area contributed by atoms with E-state index in [1.54, 1.807) is 0 Å². The van der Waals surface area contributed by atoms with Gasteiger partial charge in [0.1, 0.15) is 0 Å². The fourth-order valence-corrected chi connectivity index (χ4v) is 8.15. The van der Waals surface area contributed by atoms with Crippen LogP contribution in [0.2, 0.25) is 0 Å². The van der Waals surface area contributed by atoms with Crippen LogP contribution in [0.4, 0.5) is 17.1 Å². The molecule has 0 atom stereocenters. The lowest BCUT2D eigenvalue weighted by molar-refractivity contribution is 0.660. The molecule has 1 aliphatic carbocycles. The molecule has 1 nitrogen and oxygen atoms in total. The third-order valence-electron chi connectivity index (χ3n) is 10.7. The largest absolute Gasteiger partial charge is 0.310 e. The van der Waals surface area contributed by atoms with Gasteiger partial charge in [-0.15, -0.1) is 0 Å². The zero-order valence-electron chi connectivity index (χ0n) is 29.5. The van der Waals surface area contributed by atoms with Gasteiger partial charge in [0.15, 0.2) is 0 Å². The van der Waals surface area contributed by atoms with Crippen LogP contribution in [0.5, 0.6) is 0 Å². The Morgan fingerprint density at radius 3 is 1.52 bits per heavy atom. The predicted molar refractivity (Wildman–Crippen MR) is 220 cm³/mol. The molecule has 0 radical (unpaired) electrons. The first-order chi connectivity index (χ1) is 25.6. The summed E-state index contributed by atoms with van der Waals surface area (Å²) in [7, 11) is 0. The van der Waals surface area contributed by atoms with E-state index < -0.39 is 0 Å². The normalized spacial score (nSPS) is 12.6. The predicted octanol–water partition coefficient (Wildman–Crippen LogP) is 14.1. The van der Waals surface area contributed by atoms with E-state index in [0.29, 0.717) is 0 Å². The molecule has 1 aliphatic rings. The second-order valence-electron chi connectivity index (χ2n) is 14.1. The number of nitrogens with zero attached hydrogens (tertiary/aromatic N) is 1. The molecule has 248 valence electrons. The van der Waals surface area contributed by atoms with Gasteiger partial charge in [-0.25, -0.2) is 0 Å². The third-order valence-corrected chi connectivity index (χ3v) is 10.7. The Hall–Kier alpha value is -6.44. The van der Waals surface area contributed by atoms with Crippen LogP contribution in [0, 0.1) is 0 Å². The first kappa shape index (κ1) is 31.5. The topological polar surface area (TPSA) is 3.24 Å². The fraction of sp³-hybridized carbons (Fsp3) is 0.0588. The minimum absolute atomic E-state index is 0.00434. The molecule has 0 aromatic heterocycles. The maximum absolute atomic E-state index is 2.41. The van der Waals surface area contributed by atoms with Gasteiger partial charge in [-0.1, -0.05) is 178 Å². The van der Waals surface area contributed by atoms with E-state index >= 15 is 0 Å². The first-order valence-corrected chi connectivity index (χ1v) is 18.1. The molecule has 9 rings (SSSR count). The van der Waals surface area contributed by atoms with Crippen molar-refractivity contribution in [2.45, 2.75) is 19.3 Å². The molecule has 52 heavy (non-hydrogen) atoms. The van der Waals surface area contributed by atoms with Crippen molar-refractivity contribution in [1.29, 1.82) is 0 Å². The highest BCUT2D eigenvalue weighted by molar-refractivity contribution is 6.01. The Morgan fingerprint density at radius 2 is 0.827 bits per heavy atom. The third kappa shape index (κ3) is 5.43. The Morgan fingerprint density at radius 1 is 0.327 bits per heavy atom. The number of rotatable bonds is 7. The summed E-state index contributed by atoms with van der Waals surface area (Å²) in [5.74, 6) is 0. The summed E-state index contributed by atoms with van der Waals surface area (Å²) < 4.78 is 0. The van der Waals surface area contributed by atoms with Gasteiger partial charge in [0, 0.05) is 22.4 Å². The van der Waals surface area contributed by atoms with E-state index in [1.165, 1.54) is 66.8 Å². The van der Waals surface area contributed by atoms with Crippen LogP contribution in [0.15, 0.2) is 200 Å². The Balaban J connectivity index is 1.21. The summed E-state index contributed by atoms with van der Waals surface area (Å²) in [4.78, 5) is 2.41. The van der Waals surface area contributed by atoms with Gasteiger partial charge in [0.2, 0.25) is 0 Å². The lowest BCUT2D eigenvalue weighted by Gasteiger charge is -2.30. The van der Waals surface area contributed by atoms with Gasteiger partial charge < -0.3 is 4.90 Å². The number of fused-ring (bicyclic) bond motifs is 3. The van der Waals surface area contributed by atoms with Gasteiger partial charge in [-0.3, -0.25) is 0 Å². The molecular weight excluding hydrogens is 627 g/mol. The maximum atomic E-state index is 2.41. The molecule has 0 amide bonds. The Bertz CT molecular complexity index is 2510. The van der Waals surface area contributed by atoms with Gasteiger partial charge in [-0.2, -0.15) is 0 Å². The summed E-state index contributed by atoms with van der Waals surface area (Å²) in [5.41, 5.74) is 18.4. The van der Waals surface area contributed by atoms with E-state index in [4.69, 9.17) is 0 Å². The van der Waals surface area contributed by atoms with Crippen molar-refractivity contribution >= 4 is 17.1 Å². The lowest BCUT2D eigenvalue weighted by Crippen LogP contribution is -2.14. The number of hydrogen-bond donors (Lipinski definition) is 0. The summed E-state index contributed by atoms with van der Waals surface area (Å²) in [6.45, 7) is 4.67. The number of anilines is 3. The van der Waals surface area contributed by atoms with Crippen LogP contribution in [-0.4, -0.2) is 0 Å². The van der Waals surface area contributed by atoms with E-state index in [-0.39, 0.29) is 5.41 Å². The molecule has 0 aliphatic heterocycles. The maximum Gasteiger partial charge on any atom is 0.0546 e. The number of benzene rings is 8. The Labute approximate surface area is 307 Å². The average Bonchev–Trinajstić information content (AvgIpc) is 3.44. The molecule has 0 N–H and O–H groups in total. The number of hydrogen-bond acceptors (Lipinski definition) is 1. The van der Waals surface area contributed by atoms with Gasteiger partial charge >= 0.3 is 0 Å². The second-order valence-corrected chi connectivity index (χ2v) is 14.1. The van der Waals surface area contributed by atoms with Crippen LogP contribution in [0.25, 0.3) is 55.6 Å². The van der Waals surface area contributed by atoms with Crippen molar-refractivity contribution in [2.75, 3.05) is 4.90 Å². The molecule has 0 fully saturated rings. The van der Waals surface area contributed by atoms with Crippen molar-refractivity contribution in [3.63, 3.8) is 0 Å². The van der Waals surface area contributed by atoms with Crippen molar-refractivity contribution in [2.24, 2.45) is 0 Å². The average molecular weight is 666 g/mol. The summed E-state index contributed by atoms with van der Waals surface area (Å²) >= 11 is 0. The quantitative estimate of drug-likeness (QED) is 0.164. The molecule has 0 heterocycles. The van der Waals surface area contributed by atoms with Crippen molar-refractivity contribution in [3.8, 4) is 55.6 Å². The second kappa shape index (κ2) is 13.0. The lowest BCUT2D eigenvalue weighted by atomic mass is 9.82. The number of para-hydroxylation sites is 1. The van der Waals surface area contributed by atoms with E-state index in [0.717, 1.165) is 17.1 Å². The summed E-state index contributed by atoms with van der Waals surface area (Å²) in [6, 6.07) is 72.7. The Kier molecular flexibility index (Phi) is 7.90. The highest BCUT2D eigenvalue weighted by Crippen LogP contribution is 2.50. The smallest absolute Gasteiger partial charge is 0.0546 e. The highest BCUT2D eigenvalue weighted by atomic mass is 15.1. The zero-order chi connectivity index (χ0) is 35.1. The van der Waals surface area contributed by atoms with Crippen molar-refractivity contribution in [3.05, 3.63) is 211 Å².